The first-order chi connectivity index (χ1) is 7.67. The standard InChI is InChI=1S/C11H23N3O2/c12-6-9(5-11(13)16)14-10-4-2-1-3-8(10)7-15/h8-10,14-15H,1-7,12H2,(H2,13,16). The summed E-state index contributed by atoms with van der Waals surface area (Å²) in [6, 6.07) is 0.210. The number of aliphatic hydroxyl groups is 1. The Hall–Kier alpha value is -0.650. The van der Waals surface area contributed by atoms with Gasteiger partial charge in [0.1, 0.15) is 0 Å². The molecule has 16 heavy (non-hydrogen) atoms. The van der Waals surface area contributed by atoms with Gasteiger partial charge in [-0.05, 0) is 18.8 Å². The molecule has 0 bridgehead atoms. The van der Waals surface area contributed by atoms with Gasteiger partial charge in [-0.2, -0.15) is 0 Å². The number of nitrogens with one attached hydrogen (secondary N) is 1. The minimum absolute atomic E-state index is 0.0605. The number of hydrogen-bond donors (Lipinski definition) is 4. The lowest BCUT2D eigenvalue weighted by atomic mass is 9.84. The Balaban J connectivity index is 2.44. The van der Waals surface area contributed by atoms with E-state index >= 15 is 0 Å². The van der Waals surface area contributed by atoms with Crippen LogP contribution in [0.25, 0.3) is 0 Å². The van der Waals surface area contributed by atoms with E-state index in [4.69, 9.17) is 11.5 Å². The van der Waals surface area contributed by atoms with Crippen LogP contribution in [-0.4, -0.2) is 36.2 Å². The molecule has 0 spiro atoms. The molecule has 6 N–H and O–H groups in total. The van der Waals surface area contributed by atoms with Gasteiger partial charge in [0, 0.05) is 31.7 Å². The zero-order valence-corrected chi connectivity index (χ0v) is 9.69. The molecule has 0 radical (unpaired) electrons. The van der Waals surface area contributed by atoms with E-state index in [1.54, 1.807) is 0 Å². The molecule has 3 atom stereocenters. The molecule has 1 fully saturated rings. The average Bonchev–Trinajstić information content (AvgIpc) is 2.28. The monoisotopic (exact) mass is 229 g/mol. The zero-order chi connectivity index (χ0) is 12.0. The van der Waals surface area contributed by atoms with Crippen molar-refractivity contribution >= 4 is 5.91 Å². The van der Waals surface area contributed by atoms with E-state index in [-0.39, 0.29) is 36.9 Å². The third kappa shape index (κ3) is 4.08. The number of hydrogen-bond acceptors (Lipinski definition) is 4. The topological polar surface area (TPSA) is 101 Å². The van der Waals surface area contributed by atoms with Crippen molar-refractivity contribution in [2.24, 2.45) is 17.4 Å². The number of carbonyl (C=O) groups is 1. The van der Waals surface area contributed by atoms with Crippen LogP contribution in [0.5, 0.6) is 0 Å². The highest BCUT2D eigenvalue weighted by Crippen LogP contribution is 2.24. The minimum Gasteiger partial charge on any atom is -0.396 e. The summed E-state index contributed by atoms with van der Waals surface area (Å²) >= 11 is 0. The molecule has 0 aromatic heterocycles. The van der Waals surface area contributed by atoms with Gasteiger partial charge < -0.3 is 21.9 Å². The van der Waals surface area contributed by atoms with Crippen LogP contribution in [0.15, 0.2) is 0 Å². The molecule has 1 aliphatic carbocycles. The van der Waals surface area contributed by atoms with Crippen LogP contribution in [-0.2, 0) is 4.79 Å². The Morgan fingerprint density at radius 1 is 1.44 bits per heavy atom. The van der Waals surface area contributed by atoms with Crippen LogP contribution < -0.4 is 16.8 Å². The predicted molar refractivity (Wildman–Crippen MR) is 62.6 cm³/mol. The molecule has 3 unspecified atom stereocenters. The van der Waals surface area contributed by atoms with Crippen molar-refractivity contribution in [3.8, 4) is 0 Å². The summed E-state index contributed by atoms with van der Waals surface area (Å²) in [5.74, 6) is -0.0463. The molecular weight excluding hydrogens is 206 g/mol. The second-order valence-corrected chi connectivity index (χ2v) is 4.60. The lowest BCUT2D eigenvalue weighted by Crippen LogP contribution is -2.49. The summed E-state index contributed by atoms with van der Waals surface area (Å²) in [6.45, 7) is 0.600. The third-order valence-electron chi connectivity index (χ3n) is 3.33. The first kappa shape index (κ1) is 13.4. The SMILES string of the molecule is NCC(CC(N)=O)NC1CCCCC1CO. The molecule has 0 heterocycles. The maximum atomic E-state index is 10.8. The quantitative estimate of drug-likeness (QED) is 0.485. The first-order valence-electron chi connectivity index (χ1n) is 6.02. The molecule has 94 valence electrons. The molecule has 0 aromatic carbocycles. The predicted octanol–water partition coefficient (Wildman–Crippen LogP) is -0.670. The molecular formula is C11H23N3O2. The molecule has 1 rings (SSSR count). The summed E-state index contributed by atoms with van der Waals surface area (Å²) in [6.07, 6.45) is 4.70. The van der Waals surface area contributed by atoms with Crippen LogP contribution in [0, 0.1) is 5.92 Å². The number of amides is 1. The van der Waals surface area contributed by atoms with Crippen LogP contribution >= 0.6 is 0 Å². The second kappa shape index (κ2) is 6.83. The number of aliphatic hydroxyl groups excluding tert-OH is 1. The highest BCUT2D eigenvalue weighted by molar-refractivity contribution is 5.74. The van der Waals surface area contributed by atoms with E-state index in [1.165, 1.54) is 12.8 Å². The van der Waals surface area contributed by atoms with E-state index in [2.05, 4.69) is 5.32 Å². The summed E-state index contributed by atoms with van der Waals surface area (Å²) in [5.41, 5.74) is 10.7. The van der Waals surface area contributed by atoms with E-state index < -0.39 is 0 Å². The van der Waals surface area contributed by atoms with Gasteiger partial charge in [0.15, 0.2) is 0 Å². The van der Waals surface area contributed by atoms with Crippen molar-refractivity contribution in [3.63, 3.8) is 0 Å². The van der Waals surface area contributed by atoms with Gasteiger partial charge >= 0.3 is 0 Å². The fraction of sp³-hybridized carbons (Fsp3) is 0.909. The van der Waals surface area contributed by atoms with E-state index in [0.29, 0.717) is 6.54 Å². The summed E-state index contributed by atoms with van der Waals surface area (Å²) in [5, 5.41) is 12.6. The fourth-order valence-corrected chi connectivity index (χ4v) is 2.40. The van der Waals surface area contributed by atoms with Crippen molar-refractivity contribution in [3.05, 3.63) is 0 Å². The molecule has 5 heteroatoms. The molecule has 0 aromatic rings. The maximum absolute atomic E-state index is 10.8. The summed E-state index contributed by atoms with van der Waals surface area (Å²) in [4.78, 5) is 10.8. The molecule has 0 aliphatic heterocycles. The van der Waals surface area contributed by atoms with E-state index in [9.17, 15) is 9.90 Å². The summed E-state index contributed by atoms with van der Waals surface area (Å²) < 4.78 is 0. The number of rotatable bonds is 6. The van der Waals surface area contributed by atoms with Gasteiger partial charge in [0.2, 0.25) is 5.91 Å². The first-order valence-corrected chi connectivity index (χ1v) is 6.02. The lowest BCUT2D eigenvalue weighted by Gasteiger charge is -2.33. The molecule has 1 aliphatic rings. The number of nitrogens with two attached hydrogens (primary N) is 2. The van der Waals surface area contributed by atoms with Gasteiger partial charge in [-0.1, -0.05) is 12.8 Å². The Morgan fingerprint density at radius 3 is 2.69 bits per heavy atom. The van der Waals surface area contributed by atoms with Crippen molar-refractivity contribution in [2.45, 2.75) is 44.2 Å². The van der Waals surface area contributed by atoms with Gasteiger partial charge in [-0.3, -0.25) is 4.79 Å². The minimum atomic E-state index is -0.334. The maximum Gasteiger partial charge on any atom is 0.219 e. The van der Waals surface area contributed by atoms with Crippen LogP contribution in [0.1, 0.15) is 32.1 Å². The number of carbonyl (C=O) groups excluding carboxylic acids is 1. The van der Waals surface area contributed by atoms with Crippen molar-refractivity contribution < 1.29 is 9.90 Å². The highest BCUT2D eigenvalue weighted by atomic mass is 16.3. The molecule has 1 saturated carbocycles. The zero-order valence-electron chi connectivity index (χ0n) is 9.69. The normalized spacial score (nSPS) is 27.6. The molecule has 0 saturated heterocycles. The average molecular weight is 229 g/mol. The van der Waals surface area contributed by atoms with Crippen molar-refractivity contribution in [2.75, 3.05) is 13.2 Å². The van der Waals surface area contributed by atoms with Crippen molar-refractivity contribution in [1.82, 2.24) is 5.32 Å². The highest BCUT2D eigenvalue weighted by Gasteiger charge is 2.26. The van der Waals surface area contributed by atoms with Crippen LogP contribution in [0.2, 0.25) is 0 Å². The summed E-state index contributed by atoms with van der Waals surface area (Å²) in [7, 11) is 0. The van der Waals surface area contributed by atoms with Crippen LogP contribution in [0.3, 0.4) is 0 Å². The lowest BCUT2D eigenvalue weighted by molar-refractivity contribution is -0.118. The largest absolute Gasteiger partial charge is 0.396 e. The van der Waals surface area contributed by atoms with E-state index in [0.717, 1.165) is 12.8 Å². The molecule has 5 nitrogen and oxygen atoms in total. The smallest absolute Gasteiger partial charge is 0.219 e. The third-order valence-corrected chi connectivity index (χ3v) is 3.33. The van der Waals surface area contributed by atoms with Gasteiger partial charge in [-0.15, -0.1) is 0 Å². The Labute approximate surface area is 96.6 Å². The molecule has 1 amide bonds. The Bertz CT molecular complexity index is 223. The van der Waals surface area contributed by atoms with Gasteiger partial charge in [0.25, 0.3) is 0 Å². The van der Waals surface area contributed by atoms with Gasteiger partial charge in [-0.25, -0.2) is 0 Å². The second-order valence-electron chi connectivity index (χ2n) is 4.60. The van der Waals surface area contributed by atoms with Crippen molar-refractivity contribution in [1.29, 1.82) is 0 Å². The number of primary amides is 1. The Kier molecular flexibility index (Phi) is 5.73. The Morgan fingerprint density at radius 2 is 2.12 bits per heavy atom. The van der Waals surface area contributed by atoms with Gasteiger partial charge in [0.05, 0.1) is 0 Å². The fourth-order valence-electron chi connectivity index (χ4n) is 2.40. The van der Waals surface area contributed by atoms with Crippen LogP contribution in [0.4, 0.5) is 0 Å². The van der Waals surface area contributed by atoms with E-state index in [1.807, 2.05) is 0 Å².